The summed E-state index contributed by atoms with van der Waals surface area (Å²) in [4.78, 5) is 14.3. The molecule has 0 radical (unpaired) electrons. The molecule has 0 aromatic heterocycles. The highest BCUT2D eigenvalue weighted by Gasteiger charge is 2.16. The van der Waals surface area contributed by atoms with Gasteiger partial charge in [-0.1, -0.05) is 18.2 Å². The van der Waals surface area contributed by atoms with Crippen molar-refractivity contribution in [3.8, 4) is 5.75 Å². The lowest BCUT2D eigenvalue weighted by Crippen LogP contribution is -2.26. The van der Waals surface area contributed by atoms with E-state index in [1.165, 1.54) is 11.1 Å². The predicted molar refractivity (Wildman–Crippen MR) is 85.8 cm³/mol. The summed E-state index contributed by atoms with van der Waals surface area (Å²) in [7, 11) is 3.47. The van der Waals surface area contributed by atoms with Gasteiger partial charge >= 0.3 is 0 Å². The Labute approximate surface area is 130 Å². The first kappa shape index (κ1) is 14.6. The van der Waals surface area contributed by atoms with Crippen molar-refractivity contribution in [2.24, 2.45) is 0 Å². The topological polar surface area (TPSA) is 41.6 Å². The number of hydrogen-bond acceptors (Lipinski definition) is 3. The van der Waals surface area contributed by atoms with Crippen molar-refractivity contribution < 1.29 is 9.53 Å². The van der Waals surface area contributed by atoms with Gasteiger partial charge in [0.15, 0.2) is 0 Å². The molecular formula is C18H20N2O2. The van der Waals surface area contributed by atoms with Crippen LogP contribution >= 0.6 is 0 Å². The van der Waals surface area contributed by atoms with E-state index in [1.807, 2.05) is 49.5 Å². The molecule has 2 aromatic carbocycles. The first-order valence-electron chi connectivity index (χ1n) is 7.38. The van der Waals surface area contributed by atoms with E-state index < -0.39 is 0 Å². The lowest BCUT2D eigenvalue weighted by molar-refractivity contribution is 0.0785. The summed E-state index contributed by atoms with van der Waals surface area (Å²) in [5, 5.41) is 3.30. The zero-order valence-electron chi connectivity index (χ0n) is 12.9. The molecule has 114 valence electrons. The monoisotopic (exact) mass is 296 g/mol. The molecule has 4 heteroatoms. The average molecular weight is 296 g/mol. The molecular weight excluding hydrogens is 276 g/mol. The molecule has 3 rings (SSSR count). The maximum atomic E-state index is 12.6. The number of nitrogens with zero attached hydrogens (tertiary/aromatic N) is 1. The summed E-state index contributed by atoms with van der Waals surface area (Å²) < 4.78 is 5.22. The Kier molecular flexibility index (Phi) is 4.11. The Morgan fingerprint density at radius 3 is 2.82 bits per heavy atom. The van der Waals surface area contributed by atoms with Crippen LogP contribution in [0.2, 0.25) is 0 Å². The van der Waals surface area contributed by atoms with Crippen LogP contribution in [-0.2, 0) is 19.6 Å². The SMILES string of the molecule is COc1cccc(CN(C)C(=O)c2ccc3c(c2)CNC3)c1. The van der Waals surface area contributed by atoms with Crippen LogP contribution in [0.25, 0.3) is 0 Å². The van der Waals surface area contributed by atoms with Crippen molar-refractivity contribution in [3.63, 3.8) is 0 Å². The number of benzene rings is 2. The van der Waals surface area contributed by atoms with Crippen molar-refractivity contribution >= 4 is 5.91 Å². The molecule has 0 unspecified atom stereocenters. The molecule has 0 saturated heterocycles. The quantitative estimate of drug-likeness (QED) is 0.943. The van der Waals surface area contributed by atoms with Crippen molar-refractivity contribution in [2.75, 3.05) is 14.2 Å². The molecule has 0 spiro atoms. The molecule has 0 atom stereocenters. The zero-order valence-corrected chi connectivity index (χ0v) is 12.9. The summed E-state index contributed by atoms with van der Waals surface area (Å²) in [5.74, 6) is 0.847. The molecule has 0 bridgehead atoms. The third-order valence-electron chi connectivity index (χ3n) is 3.98. The van der Waals surface area contributed by atoms with Crippen molar-refractivity contribution in [3.05, 3.63) is 64.7 Å². The fourth-order valence-corrected chi connectivity index (χ4v) is 2.76. The van der Waals surface area contributed by atoms with Crippen molar-refractivity contribution in [2.45, 2.75) is 19.6 Å². The van der Waals surface area contributed by atoms with E-state index in [4.69, 9.17) is 4.74 Å². The lowest BCUT2D eigenvalue weighted by Gasteiger charge is -2.18. The molecule has 1 aliphatic rings. The van der Waals surface area contributed by atoms with Gasteiger partial charge in [-0.15, -0.1) is 0 Å². The Bertz CT molecular complexity index is 697. The Hall–Kier alpha value is -2.33. The Morgan fingerprint density at radius 2 is 2.00 bits per heavy atom. The van der Waals surface area contributed by atoms with E-state index in [2.05, 4.69) is 5.32 Å². The van der Waals surface area contributed by atoms with Crippen LogP contribution in [0.3, 0.4) is 0 Å². The number of fused-ring (bicyclic) bond motifs is 1. The second-order valence-electron chi connectivity index (χ2n) is 5.60. The first-order valence-corrected chi connectivity index (χ1v) is 7.38. The van der Waals surface area contributed by atoms with Gasteiger partial charge in [-0.2, -0.15) is 0 Å². The number of methoxy groups -OCH3 is 1. The summed E-state index contributed by atoms with van der Waals surface area (Å²) in [6, 6.07) is 13.7. The highest BCUT2D eigenvalue weighted by molar-refractivity contribution is 5.94. The van der Waals surface area contributed by atoms with E-state index in [9.17, 15) is 4.79 Å². The minimum Gasteiger partial charge on any atom is -0.497 e. The second-order valence-corrected chi connectivity index (χ2v) is 5.60. The number of carbonyl (C=O) groups excluding carboxylic acids is 1. The molecule has 2 aromatic rings. The molecule has 1 aliphatic heterocycles. The van der Waals surface area contributed by atoms with Gasteiger partial charge in [0.2, 0.25) is 0 Å². The number of nitrogens with one attached hydrogen (secondary N) is 1. The van der Waals surface area contributed by atoms with Gasteiger partial charge in [0.1, 0.15) is 5.75 Å². The molecule has 22 heavy (non-hydrogen) atoms. The van der Waals surface area contributed by atoms with Crippen LogP contribution in [0, 0.1) is 0 Å². The predicted octanol–water partition coefficient (Wildman–Crippen LogP) is 2.57. The molecule has 4 nitrogen and oxygen atoms in total. The van der Waals surface area contributed by atoms with Crippen LogP contribution in [0.5, 0.6) is 5.75 Å². The highest BCUT2D eigenvalue weighted by Crippen LogP contribution is 2.19. The van der Waals surface area contributed by atoms with Crippen molar-refractivity contribution in [1.29, 1.82) is 0 Å². The summed E-state index contributed by atoms with van der Waals surface area (Å²) in [6.07, 6.45) is 0. The van der Waals surface area contributed by atoms with Crippen LogP contribution in [-0.4, -0.2) is 25.0 Å². The molecule has 1 amide bonds. The van der Waals surface area contributed by atoms with E-state index >= 15 is 0 Å². The third-order valence-corrected chi connectivity index (χ3v) is 3.98. The Balaban J connectivity index is 1.74. The first-order chi connectivity index (χ1) is 10.7. The maximum Gasteiger partial charge on any atom is 0.253 e. The van der Waals surface area contributed by atoms with Gasteiger partial charge in [0.05, 0.1) is 7.11 Å². The van der Waals surface area contributed by atoms with Crippen LogP contribution in [0.1, 0.15) is 27.0 Å². The minimum atomic E-state index is 0.0394. The number of carbonyl (C=O) groups is 1. The molecule has 1 heterocycles. The number of amides is 1. The maximum absolute atomic E-state index is 12.6. The van der Waals surface area contributed by atoms with Gasteiger partial charge in [-0.3, -0.25) is 4.79 Å². The minimum absolute atomic E-state index is 0.0394. The largest absolute Gasteiger partial charge is 0.497 e. The van der Waals surface area contributed by atoms with Crippen LogP contribution in [0.15, 0.2) is 42.5 Å². The van der Waals surface area contributed by atoms with Gasteiger partial charge in [-0.05, 0) is 41.0 Å². The molecule has 0 saturated carbocycles. The van der Waals surface area contributed by atoms with Gasteiger partial charge in [0.25, 0.3) is 5.91 Å². The summed E-state index contributed by atoms with van der Waals surface area (Å²) >= 11 is 0. The normalized spacial score (nSPS) is 12.8. The molecule has 0 aliphatic carbocycles. The van der Waals surface area contributed by atoms with E-state index in [0.717, 1.165) is 30.0 Å². The fraction of sp³-hybridized carbons (Fsp3) is 0.278. The number of rotatable bonds is 4. The smallest absolute Gasteiger partial charge is 0.253 e. The van der Waals surface area contributed by atoms with Gasteiger partial charge in [-0.25, -0.2) is 0 Å². The van der Waals surface area contributed by atoms with Gasteiger partial charge < -0.3 is 15.0 Å². The lowest BCUT2D eigenvalue weighted by atomic mass is 10.1. The fourth-order valence-electron chi connectivity index (χ4n) is 2.76. The standard InChI is InChI=1S/C18H20N2O2/c1-20(12-13-4-3-5-17(8-13)22-2)18(21)14-6-7-15-10-19-11-16(15)9-14/h3-9,19H,10-12H2,1-2H3. The van der Waals surface area contributed by atoms with E-state index in [0.29, 0.717) is 6.54 Å². The summed E-state index contributed by atoms with van der Waals surface area (Å²) in [6.45, 7) is 2.30. The van der Waals surface area contributed by atoms with E-state index in [1.54, 1.807) is 12.0 Å². The zero-order chi connectivity index (χ0) is 15.5. The van der Waals surface area contributed by atoms with Crippen molar-refractivity contribution in [1.82, 2.24) is 10.2 Å². The number of hydrogen-bond donors (Lipinski definition) is 1. The average Bonchev–Trinajstić information content (AvgIpc) is 3.01. The van der Waals surface area contributed by atoms with Crippen LogP contribution in [0.4, 0.5) is 0 Å². The highest BCUT2D eigenvalue weighted by atomic mass is 16.5. The number of ether oxygens (including phenoxy) is 1. The van der Waals surface area contributed by atoms with Gasteiger partial charge in [0, 0.05) is 32.2 Å². The molecule has 0 fully saturated rings. The Morgan fingerprint density at radius 1 is 1.18 bits per heavy atom. The summed E-state index contributed by atoms with van der Waals surface area (Å²) in [5.41, 5.74) is 4.30. The van der Waals surface area contributed by atoms with E-state index in [-0.39, 0.29) is 5.91 Å². The third kappa shape index (κ3) is 2.97. The molecule has 1 N–H and O–H groups in total. The second kappa shape index (κ2) is 6.20. The van der Waals surface area contributed by atoms with Crippen LogP contribution < -0.4 is 10.1 Å².